The fourth-order valence-electron chi connectivity index (χ4n) is 2.03. The Balaban J connectivity index is 2.77. The number of aryl methyl sites for hydroxylation is 1. The molecule has 0 aliphatic heterocycles. The molecule has 19 heavy (non-hydrogen) atoms. The molecule has 0 saturated heterocycles. The van der Waals surface area contributed by atoms with Crippen molar-refractivity contribution in [3.8, 4) is 0 Å². The molecule has 100 valence electrons. The van der Waals surface area contributed by atoms with E-state index in [2.05, 4.69) is 62.9 Å². The molecule has 1 aromatic carbocycles. The summed E-state index contributed by atoms with van der Waals surface area (Å²) in [6.07, 6.45) is 9.39. The smallest absolute Gasteiger partial charge is 0.00665 e. The summed E-state index contributed by atoms with van der Waals surface area (Å²) in [5.41, 5.74) is 6.24. The van der Waals surface area contributed by atoms with E-state index in [0.29, 0.717) is 0 Å². The molecule has 0 saturated carbocycles. The molecule has 0 aromatic heterocycles. The SMILES string of the molecule is C=C(C=C(C)Cc1ccc(C)cc1)C(C=CC)=CC. The topological polar surface area (TPSA) is 0 Å². The van der Waals surface area contributed by atoms with Crippen LogP contribution in [0.2, 0.25) is 0 Å². The molecule has 0 atom stereocenters. The molecule has 0 radical (unpaired) electrons. The van der Waals surface area contributed by atoms with Crippen LogP contribution in [0.1, 0.15) is 31.9 Å². The fourth-order valence-corrected chi connectivity index (χ4v) is 2.03. The number of allylic oxidation sites excluding steroid dienone is 7. The van der Waals surface area contributed by atoms with Crippen LogP contribution in [0.25, 0.3) is 0 Å². The first kappa shape index (κ1) is 15.2. The van der Waals surface area contributed by atoms with Crippen molar-refractivity contribution in [2.24, 2.45) is 0 Å². The maximum Gasteiger partial charge on any atom is -0.00665 e. The third-order valence-electron chi connectivity index (χ3n) is 3.05. The molecule has 1 rings (SSSR count). The number of hydrogen-bond donors (Lipinski definition) is 0. The van der Waals surface area contributed by atoms with E-state index in [-0.39, 0.29) is 0 Å². The van der Waals surface area contributed by atoms with Gasteiger partial charge in [0.25, 0.3) is 0 Å². The lowest BCUT2D eigenvalue weighted by Crippen LogP contribution is -1.89. The van der Waals surface area contributed by atoms with Gasteiger partial charge in [0, 0.05) is 0 Å². The molecular weight excluding hydrogens is 228 g/mol. The van der Waals surface area contributed by atoms with Crippen molar-refractivity contribution >= 4 is 0 Å². The van der Waals surface area contributed by atoms with Gasteiger partial charge in [-0.1, -0.05) is 66.3 Å². The molecule has 0 heterocycles. The first-order chi connectivity index (χ1) is 9.06. The minimum Gasteiger partial charge on any atom is -0.0912 e. The summed E-state index contributed by atoms with van der Waals surface area (Å²) in [4.78, 5) is 0. The predicted molar refractivity (Wildman–Crippen MR) is 86.4 cm³/mol. The molecular formula is C19H24. The molecule has 0 N–H and O–H groups in total. The summed E-state index contributed by atoms with van der Waals surface area (Å²) in [7, 11) is 0. The normalized spacial score (nSPS) is 13.1. The quantitative estimate of drug-likeness (QED) is 0.602. The Bertz CT molecular complexity index is 507. The number of benzene rings is 1. The van der Waals surface area contributed by atoms with Crippen LogP contribution in [0.15, 0.2) is 71.9 Å². The average molecular weight is 252 g/mol. The average Bonchev–Trinajstić information content (AvgIpc) is 2.38. The van der Waals surface area contributed by atoms with E-state index < -0.39 is 0 Å². The van der Waals surface area contributed by atoms with Gasteiger partial charge in [0.2, 0.25) is 0 Å². The second-order valence-corrected chi connectivity index (χ2v) is 4.92. The third kappa shape index (κ3) is 5.13. The number of hydrogen-bond acceptors (Lipinski definition) is 0. The minimum atomic E-state index is 0.978. The number of rotatable bonds is 5. The van der Waals surface area contributed by atoms with E-state index in [4.69, 9.17) is 0 Å². The largest absolute Gasteiger partial charge is 0.0912 e. The van der Waals surface area contributed by atoms with Gasteiger partial charge in [0.1, 0.15) is 0 Å². The second kappa shape index (κ2) is 7.58. The van der Waals surface area contributed by atoms with Crippen molar-refractivity contribution < 1.29 is 0 Å². The Labute approximate surface area is 117 Å². The maximum atomic E-state index is 4.14. The van der Waals surface area contributed by atoms with Crippen LogP contribution < -0.4 is 0 Å². The molecule has 1 aromatic rings. The minimum absolute atomic E-state index is 0.978. The molecule has 0 aliphatic carbocycles. The molecule has 0 amide bonds. The zero-order valence-electron chi connectivity index (χ0n) is 12.5. The Hall–Kier alpha value is -1.82. The van der Waals surface area contributed by atoms with E-state index in [1.165, 1.54) is 22.3 Å². The summed E-state index contributed by atoms with van der Waals surface area (Å²) < 4.78 is 0. The molecule has 0 aliphatic rings. The van der Waals surface area contributed by atoms with E-state index in [0.717, 1.165) is 12.0 Å². The predicted octanol–water partition coefficient (Wildman–Crippen LogP) is 5.56. The van der Waals surface area contributed by atoms with E-state index in [1.807, 2.05) is 19.9 Å². The van der Waals surface area contributed by atoms with Crippen molar-refractivity contribution in [3.05, 3.63) is 83.0 Å². The van der Waals surface area contributed by atoms with Gasteiger partial charge in [0.05, 0.1) is 0 Å². The van der Waals surface area contributed by atoms with E-state index in [9.17, 15) is 0 Å². The highest BCUT2D eigenvalue weighted by atomic mass is 14.0. The summed E-state index contributed by atoms with van der Waals surface area (Å²) in [5.74, 6) is 0. The van der Waals surface area contributed by atoms with Crippen LogP contribution in [0.3, 0.4) is 0 Å². The lowest BCUT2D eigenvalue weighted by atomic mass is 10.00. The first-order valence-corrected chi connectivity index (χ1v) is 6.77. The lowest BCUT2D eigenvalue weighted by Gasteiger charge is -2.06. The van der Waals surface area contributed by atoms with Crippen LogP contribution in [-0.2, 0) is 6.42 Å². The zero-order valence-corrected chi connectivity index (χ0v) is 12.5. The Kier molecular flexibility index (Phi) is 6.08. The van der Waals surface area contributed by atoms with Gasteiger partial charge in [-0.3, -0.25) is 0 Å². The van der Waals surface area contributed by atoms with Gasteiger partial charge in [-0.15, -0.1) is 0 Å². The summed E-state index contributed by atoms with van der Waals surface area (Å²) in [6, 6.07) is 8.71. The summed E-state index contributed by atoms with van der Waals surface area (Å²) in [5, 5.41) is 0. The lowest BCUT2D eigenvalue weighted by molar-refractivity contribution is 1.13. The van der Waals surface area contributed by atoms with Crippen LogP contribution >= 0.6 is 0 Å². The Morgan fingerprint density at radius 1 is 1.16 bits per heavy atom. The third-order valence-corrected chi connectivity index (χ3v) is 3.05. The van der Waals surface area contributed by atoms with Gasteiger partial charge >= 0.3 is 0 Å². The molecule has 0 heteroatoms. The Morgan fingerprint density at radius 2 is 1.79 bits per heavy atom. The van der Waals surface area contributed by atoms with Crippen LogP contribution in [-0.4, -0.2) is 0 Å². The zero-order chi connectivity index (χ0) is 14.3. The maximum absolute atomic E-state index is 4.14. The first-order valence-electron chi connectivity index (χ1n) is 6.77. The second-order valence-electron chi connectivity index (χ2n) is 4.92. The molecule has 0 unspecified atom stereocenters. The summed E-state index contributed by atoms with van der Waals surface area (Å²) >= 11 is 0. The van der Waals surface area contributed by atoms with Crippen molar-refractivity contribution in [1.29, 1.82) is 0 Å². The van der Waals surface area contributed by atoms with Gasteiger partial charge in [0.15, 0.2) is 0 Å². The van der Waals surface area contributed by atoms with Crippen molar-refractivity contribution in [1.82, 2.24) is 0 Å². The van der Waals surface area contributed by atoms with E-state index in [1.54, 1.807) is 0 Å². The molecule has 0 spiro atoms. The molecule has 0 fully saturated rings. The van der Waals surface area contributed by atoms with Gasteiger partial charge in [-0.25, -0.2) is 0 Å². The summed E-state index contributed by atoms with van der Waals surface area (Å²) in [6.45, 7) is 12.5. The van der Waals surface area contributed by atoms with Crippen molar-refractivity contribution in [2.45, 2.75) is 34.1 Å². The van der Waals surface area contributed by atoms with Gasteiger partial charge in [-0.2, -0.15) is 0 Å². The van der Waals surface area contributed by atoms with Crippen LogP contribution in [0.4, 0.5) is 0 Å². The molecule has 0 nitrogen and oxygen atoms in total. The monoisotopic (exact) mass is 252 g/mol. The van der Waals surface area contributed by atoms with Crippen molar-refractivity contribution in [3.63, 3.8) is 0 Å². The van der Waals surface area contributed by atoms with Gasteiger partial charge in [-0.05, 0) is 50.8 Å². The standard InChI is InChI=1S/C19H24/c1-6-8-19(7-2)17(5)13-16(4)14-18-11-9-15(3)10-12-18/h6-13H,5,14H2,1-4H3. The van der Waals surface area contributed by atoms with Crippen molar-refractivity contribution in [2.75, 3.05) is 0 Å². The van der Waals surface area contributed by atoms with Crippen LogP contribution in [0.5, 0.6) is 0 Å². The Morgan fingerprint density at radius 3 is 2.32 bits per heavy atom. The van der Waals surface area contributed by atoms with Gasteiger partial charge < -0.3 is 0 Å². The molecule has 0 bridgehead atoms. The fraction of sp³-hybridized carbons (Fsp3) is 0.263. The highest BCUT2D eigenvalue weighted by molar-refractivity contribution is 5.45. The van der Waals surface area contributed by atoms with E-state index >= 15 is 0 Å². The van der Waals surface area contributed by atoms with Crippen LogP contribution in [0, 0.1) is 6.92 Å². The highest BCUT2D eigenvalue weighted by Crippen LogP contribution is 2.16. The highest BCUT2D eigenvalue weighted by Gasteiger charge is 1.98.